The molecule has 0 saturated carbocycles. The topological polar surface area (TPSA) is 178 Å². The lowest BCUT2D eigenvalue weighted by atomic mass is 9.96. The minimum atomic E-state index is -4.66. The largest absolute Gasteiger partial charge is 0.462 e. The molecule has 0 spiro atoms. The summed E-state index contributed by atoms with van der Waals surface area (Å²) in [6, 6.07) is 7.06. The van der Waals surface area contributed by atoms with E-state index in [1.54, 1.807) is 19.9 Å². The lowest BCUT2D eigenvalue weighted by molar-refractivity contribution is -0.192. The summed E-state index contributed by atoms with van der Waals surface area (Å²) >= 11 is 0. The fourth-order valence-corrected chi connectivity index (χ4v) is 5.07. The van der Waals surface area contributed by atoms with Gasteiger partial charge in [0.15, 0.2) is 11.8 Å². The molecular weight excluding hydrogens is 535 g/mol. The first-order chi connectivity index (χ1) is 17.8. The van der Waals surface area contributed by atoms with E-state index < -0.39 is 74.2 Å². The predicted octanol–water partition coefficient (Wildman–Crippen LogP) is 0.925. The minimum absolute atomic E-state index is 0.00977. The summed E-state index contributed by atoms with van der Waals surface area (Å²) in [4.78, 5) is 37.6. The van der Waals surface area contributed by atoms with Crippen LogP contribution in [0.3, 0.4) is 0 Å². The van der Waals surface area contributed by atoms with E-state index in [-0.39, 0.29) is 5.75 Å². The summed E-state index contributed by atoms with van der Waals surface area (Å²) in [5.41, 5.74) is -4.89. The molecule has 1 aliphatic rings. The Hall–Kier alpha value is -2.94. The average molecular weight is 563 g/mol. The molecule has 16 heteroatoms. The van der Waals surface area contributed by atoms with Gasteiger partial charge < -0.3 is 24.2 Å². The highest BCUT2D eigenvalue weighted by Crippen LogP contribution is 2.49. The van der Waals surface area contributed by atoms with Crippen molar-refractivity contribution < 1.29 is 46.9 Å². The van der Waals surface area contributed by atoms with Crippen molar-refractivity contribution in [1.82, 2.24) is 14.6 Å². The number of ether oxygens (including phenoxy) is 2. The summed E-state index contributed by atoms with van der Waals surface area (Å²) in [7, 11) is -4.66. The van der Waals surface area contributed by atoms with Crippen LogP contribution in [0.4, 0.5) is 8.78 Å². The Kier molecular flexibility index (Phi) is 9.23. The number of aromatic nitrogens is 2. The van der Waals surface area contributed by atoms with Gasteiger partial charge in [-0.25, -0.2) is 18.1 Å². The van der Waals surface area contributed by atoms with Crippen LogP contribution < -0.4 is 20.9 Å². The van der Waals surface area contributed by atoms with Gasteiger partial charge in [0, 0.05) is 12.3 Å². The van der Waals surface area contributed by atoms with Gasteiger partial charge in [0.05, 0.1) is 12.7 Å². The first kappa shape index (κ1) is 29.6. The first-order valence-corrected chi connectivity index (χ1v) is 12.9. The number of H-pyrrole nitrogens is 1. The summed E-state index contributed by atoms with van der Waals surface area (Å²) in [6.07, 6.45) is -9.46. The number of nitrogens with one attached hydrogen (secondary N) is 2. The molecule has 6 atom stereocenters. The molecular formula is C22H28F2N3O10P. The van der Waals surface area contributed by atoms with Crippen LogP contribution in [0, 0.1) is 0 Å². The van der Waals surface area contributed by atoms with Gasteiger partial charge in [0.2, 0.25) is 0 Å². The van der Waals surface area contributed by atoms with E-state index in [1.165, 1.54) is 31.2 Å². The third-order valence-corrected chi connectivity index (χ3v) is 7.06. The maximum Gasteiger partial charge on any atom is 0.459 e. The molecule has 0 radical (unpaired) electrons. The zero-order valence-corrected chi connectivity index (χ0v) is 21.4. The van der Waals surface area contributed by atoms with Gasteiger partial charge in [-0.15, -0.1) is 0 Å². The molecule has 2 heterocycles. The zero-order chi connectivity index (χ0) is 28.3. The number of para-hydroxylation sites is 1. The van der Waals surface area contributed by atoms with Crippen LogP contribution in [-0.4, -0.2) is 68.7 Å². The van der Waals surface area contributed by atoms with Crippen LogP contribution in [0.5, 0.6) is 5.75 Å². The average Bonchev–Trinajstić information content (AvgIpc) is 3.09. The smallest absolute Gasteiger partial charge is 0.459 e. The third kappa shape index (κ3) is 6.54. The number of hydrogen-bond acceptors (Lipinski definition) is 10. The summed E-state index contributed by atoms with van der Waals surface area (Å²) in [5.74, 6) is -0.849. The van der Waals surface area contributed by atoms with Crippen LogP contribution in [-0.2, 0) is 23.4 Å². The fourth-order valence-electron chi connectivity index (χ4n) is 3.54. The van der Waals surface area contributed by atoms with Gasteiger partial charge in [-0.05, 0) is 32.9 Å². The second kappa shape index (κ2) is 11.8. The summed E-state index contributed by atoms with van der Waals surface area (Å²) in [6.45, 7) is 3.13. The molecule has 0 amide bonds. The number of carbonyl (C=O) groups is 1. The van der Waals surface area contributed by atoms with Crippen LogP contribution in [0.25, 0.3) is 0 Å². The number of aromatic amines is 1. The van der Waals surface area contributed by atoms with E-state index in [0.29, 0.717) is 4.57 Å². The summed E-state index contributed by atoms with van der Waals surface area (Å²) < 4.78 is 63.9. The lowest BCUT2D eigenvalue weighted by Gasteiger charge is -2.32. The molecule has 3 rings (SSSR count). The molecule has 0 bridgehead atoms. The maximum atomic E-state index is 14.4. The van der Waals surface area contributed by atoms with E-state index in [2.05, 4.69) is 5.09 Å². The van der Waals surface area contributed by atoms with Crippen molar-refractivity contribution in [3.63, 3.8) is 0 Å². The quantitative estimate of drug-likeness (QED) is 0.226. The Labute approximate surface area is 214 Å². The second-order valence-corrected chi connectivity index (χ2v) is 10.4. The Morgan fingerprint density at radius 1 is 1.21 bits per heavy atom. The number of halogens is 2. The molecule has 1 saturated heterocycles. The van der Waals surface area contributed by atoms with Crippen LogP contribution >= 0.6 is 7.75 Å². The molecule has 1 fully saturated rings. The molecule has 210 valence electrons. The van der Waals surface area contributed by atoms with Gasteiger partial charge in [-0.3, -0.25) is 23.7 Å². The van der Waals surface area contributed by atoms with Crippen molar-refractivity contribution in [2.75, 3.05) is 6.61 Å². The zero-order valence-electron chi connectivity index (χ0n) is 20.5. The Morgan fingerprint density at radius 2 is 1.87 bits per heavy atom. The lowest BCUT2D eigenvalue weighted by Crippen LogP contribution is -2.53. The molecule has 1 aliphatic heterocycles. The highest BCUT2D eigenvalue weighted by atomic mass is 31.2. The fraction of sp³-hybridized carbons (Fsp3) is 0.500. The predicted molar refractivity (Wildman–Crippen MR) is 127 cm³/mol. The Morgan fingerprint density at radius 3 is 2.45 bits per heavy atom. The van der Waals surface area contributed by atoms with E-state index >= 15 is 0 Å². The van der Waals surface area contributed by atoms with Gasteiger partial charge in [-0.1, -0.05) is 18.2 Å². The molecule has 1 unspecified atom stereocenters. The number of carbonyl (C=O) groups excluding carboxylic acids is 1. The number of rotatable bonds is 11. The Bertz CT molecular complexity index is 1270. The minimum Gasteiger partial charge on any atom is -0.462 e. The number of nitrogens with zero attached hydrogens (tertiary/aromatic N) is 1. The van der Waals surface area contributed by atoms with Crippen molar-refractivity contribution in [3.8, 4) is 5.75 Å². The SMILES string of the molecule is CC(C)OC(=O)[C@H](C)NP(=O)(OC[C@@]1(C(F)F)O[C@@H](n2ccc(=O)[nH]c2=O)[C@H](O)[C@@H]1O)Oc1ccccc1. The van der Waals surface area contributed by atoms with Crippen molar-refractivity contribution in [1.29, 1.82) is 0 Å². The molecule has 1 aromatic heterocycles. The van der Waals surface area contributed by atoms with Crippen molar-refractivity contribution in [2.24, 2.45) is 0 Å². The van der Waals surface area contributed by atoms with Gasteiger partial charge in [0.1, 0.15) is 24.0 Å². The monoisotopic (exact) mass is 563 g/mol. The van der Waals surface area contributed by atoms with Gasteiger partial charge in [-0.2, -0.15) is 5.09 Å². The van der Waals surface area contributed by atoms with Crippen LogP contribution in [0.2, 0.25) is 0 Å². The molecule has 1 aromatic carbocycles. The number of aliphatic hydroxyl groups excluding tert-OH is 2. The highest BCUT2D eigenvalue weighted by Gasteiger charge is 2.61. The van der Waals surface area contributed by atoms with E-state index in [9.17, 15) is 37.9 Å². The molecule has 4 N–H and O–H groups in total. The van der Waals surface area contributed by atoms with Crippen molar-refractivity contribution >= 4 is 13.7 Å². The number of esters is 1. The molecule has 13 nitrogen and oxygen atoms in total. The second-order valence-electron chi connectivity index (χ2n) is 8.73. The number of hydrogen-bond donors (Lipinski definition) is 4. The molecule has 2 aromatic rings. The first-order valence-electron chi connectivity index (χ1n) is 11.4. The Balaban J connectivity index is 1.90. The van der Waals surface area contributed by atoms with Crippen molar-refractivity contribution in [3.05, 3.63) is 63.4 Å². The van der Waals surface area contributed by atoms with E-state index in [0.717, 1.165) is 12.3 Å². The number of alkyl halides is 2. The van der Waals surface area contributed by atoms with E-state index in [4.69, 9.17) is 18.5 Å². The number of aliphatic hydroxyl groups is 2. The van der Waals surface area contributed by atoms with Crippen LogP contribution in [0.15, 0.2) is 52.2 Å². The maximum absolute atomic E-state index is 14.4. The number of benzene rings is 1. The molecule has 0 aliphatic carbocycles. The van der Waals surface area contributed by atoms with Crippen LogP contribution in [0.1, 0.15) is 27.0 Å². The third-order valence-electron chi connectivity index (χ3n) is 5.44. The standard InChI is InChI=1S/C22H28F2N3O10P/c1-12(2)35-19(31)13(3)26-38(33,37-14-7-5-4-6-8-14)34-11-22(20(23)24)17(30)16(29)18(36-22)27-10-9-15(28)25-21(27)32/h4-10,12-13,16-18,20,29-30H,11H2,1-3H3,(H,26,33)(H,25,28,32)/t13-,16+,17-,18+,22+,38?/m0/s1. The highest BCUT2D eigenvalue weighted by molar-refractivity contribution is 7.52. The summed E-state index contributed by atoms with van der Waals surface area (Å²) in [5, 5.41) is 23.3. The van der Waals surface area contributed by atoms with Gasteiger partial charge in [0.25, 0.3) is 12.0 Å². The molecule has 38 heavy (non-hydrogen) atoms. The van der Waals surface area contributed by atoms with Gasteiger partial charge >= 0.3 is 19.4 Å². The van der Waals surface area contributed by atoms with Crippen molar-refractivity contribution in [2.45, 2.75) is 63.4 Å². The normalized spacial score (nSPS) is 25.8. The van der Waals surface area contributed by atoms with E-state index in [1.807, 2.05) is 4.98 Å².